The summed E-state index contributed by atoms with van der Waals surface area (Å²) in [6, 6.07) is 13.1. The van der Waals surface area contributed by atoms with Crippen LogP contribution in [0.1, 0.15) is 57.2 Å². The molecule has 0 spiro atoms. The van der Waals surface area contributed by atoms with Crippen LogP contribution in [-0.2, 0) is 15.6 Å². The van der Waals surface area contributed by atoms with E-state index in [9.17, 15) is 0 Å². The van der Waals surface area contributed by atoms with E-state index in [0.29, 0.717) is 11.8 Å². The van der Waals surface area contributed by atoms with Crippen molar-refractivity contribution in [3.8, 4) is 0 Å². The van der Waals surface area contributed by atoms with Crippen LogP contribution in [0.5, 0.6) is 0 Å². The predicted molar refractivity (Wildman–Crippen MR) is 150 cm³/mol. The molecule has 0 heterocycles. The molecule has 4 rings (SSSR count). The molecule has 0 fully saturated rings. The fourth-order valence-corrected chi connectivity index (χ4v) is 38.3. The van der Waals surface area contributed by atoms with E-state index in [1.807, 2.05) is 0 Å². The van der Waals surface area contributed by atoms with Crippen molar-refractivity contribution >= 4 is 67.0 Å². The summed E-state index contributed by atoms with van der Waals surface area (Å²) in [6.07, 6.45) is 4.78. The number of hydrogen-bond acceptors (Lipinski definition) is 0. The number of benzene rings is 2. The summed E-state index contributed by atoms with van der Waals surface area (Å²) in [6.45, 7) is 14.0. The van der Waals surface area contributed by atoms with Crippen molar-refractivity contribution < 1.29 is 15.6 Å². The van der Waals surface area contributed by atoms with Crippen molar-refractivity contribution in [1.29, 1.82) is 0 Å². The summed E-state index contributed by atoms with van der Waals surface area (Å²) in [7, 11) is 16.6. The number of rotatable bonds is 5. The molecule has 0 amide bonds. The Morgan fingerprint density at radius 3 is 1.44 bits per heavy atom. The standard InChI is InChI=1S/2C12H12Br.C2H7Si.2ClH.Zr/c2*1-8(2)10-6-9-4-3-5-12(13)11(9)7-10;1-3-2;;;/h2*3-8H,1-2H3;3H,1-2H3;2*1H;/q;;;;;+2/p-2. The van der Waals surface area contributed by atoms with Crippen LogP contribution in [0.25, 0.3) is 12.2 Å². The Labute approximate surface area is 218 Å². The van der Waals surface area contributed by atoms with E-state index in [1.165, 1.54) is 33.4 Å². The summed E-state index contributed by atoms with van der Waals surface area (Å²) >= 11 is 3.03. The van der Waals surface area contributed by atoms with Crippen LogP contribution in [0.3, 0.4) is 0 Å². The zero-order valence-electron chi connectivity index (χ0n) is 19.5. The summed E-state index contributed by atoms with van der Waals surface area (Å²) in [4.78, 5) is 0. The molecule has 0 radical (unpaired) electrons. The van der Waals surface area contributed by atoms with Gasteiger partial charge in [0.25, 0.3) is 0 Å². The Kier molecular flexibility index (Phi) is 7.13. The van der Waals surface area contributed by atoms with Crippen molar-refractivity contribution in [2.24, 2.45) is 11.8 Å². The van der Waals surface area contributed by atoms with Gasteiger partial charge < -0.3 is 0 Å². The van der Waals surface area contributed by atoms with Crippen LogP contribution in [0.15, 0.2) is 56.5 Å². The molecule has 0 saturated carbocycles. The van der Waals surface area contributed by atoms with Gasteiger partial charge in [0.1, 0.15) is 0 Å². The van der Waals surface area contributed by atoms with Crippen molar-refractivity contribution in [2.75, 3.05) is 0 Å². The zero-order valence-corrected chi connectivity index (χ0v) is 27.8. The Balaban J connectivity index is 2.07. The topological polar surface area (TPSA) is 0 Å². The van der Waals surface area contributed by atoms with Gasteiger partial charge in [0.05, 0.1) is 0 Å². The molecule has 0 nitrogen and oxygen atoms in total. The Bertz CT molecular complexity index is 1070. The number of halogens is 4. The summed E-state index contributed by atoms with van der Waals surface area (Å²) in [5, 5.41) is 0. The zero-order chi connectivity index (χ0) is 23.6. The minimum atomic E-state index is -4.59. The number of allylic oxidation sites excluding steroid dienone is 2. The first-order chi connectivity index (χ1) is 14.9. The van der Waals surface area contributed by atoms with E-state index in [2.05, 4.69) is 121 Å². The van der Waals surface area contributed by atoms with E-state index >= 15 is 0 Å². The van der Waals surface area contributed by atoms with Crippen LogP contribution in [0, 0.1) is 11.8 Å². The van der Waals surface area contributed by atoms with Gasteiger partial charge in [0.2, 0.25) is 0 Å². The fourth-order valence-electron chi connectivity index (χ4n) is 5.84. The molecule has 0 saturated heterocycles. The maximum absolute atomic E-state index is 8.30. The maximum atomic E-state index is 8.30. The van der Waals surface area contributed by atoms with Gasteiger partial charge >= 0.3 is 221 Å². The molecule has 2 aliphatic carbocycles. The van der Waals surface area contributed by atoms with Gasteiger partial charge in [-0.2, -0.15) is 0 Å². The molecule has 171 valence electrons. The monoisotopic (exact) mass is 689 g/mol. The van der Waals surface area contributed by atoms with Crippen LogP contribution >= 0.6 is 48.9 Å². The van der Waals surface area contributed by atoms with E-state index in [4.69, 9.17) is 17.0 Å². The molecule has 2 aliphatic rings. The number of hydrogen-bond donors (Lipinski definition) is 0. The molecule has 2 unspecified atom stereocenters. The molecule has 2 atom stereocenters. The van der Waals surface area contributed by atoms with E-state index in [-0.39, 0.29) is 7.25 Å². The molecule has 0 aliphatic heterocycles. The van der Waals surface area contributed by atoms with Crippen LogP contribution in [0.2, 0.25) is 13.1 Å². The second-order valence-electron chi connectivity index (χ2n) is 10.3. The summed E-state index contributed by atoms with van der Waals surface area (Å²) in [5.41, 5.74) is 8.09. The van der Waals surface area contributed by atoms with Gasteiger partial charge in [-0.3, -0.25) is 0 Å². The molecule has 0 aromatic heterocycles. The first-order valence-corrected chi connectivity index (χ1v) is 29.4. The fraction of sp³-hybridized carbons (Fsp3) is 0.385. The Hall–Kier alpha value is 0.560. The third kappa shape index (κ3) is 3.73. The average Bonchev–Trinajstić information content (AvgIpc) is 3.30. The van der Waals surface area contributed by atoms with Gasteiger partial charge in [-0.1, -0.05) is 0 Å². The molecule has 2 aromatic rings. The Morgan fingerprint density at radius 1 is 0.750 bits per heavy atom. The first-order valence-electron chi connectivity index (χ1n) is 11.5. The Morgan fingerprint density at radius 2 is 1.12 bits per heavy atom. The summed E-state index contributed by atoms with van der Waals surface area (Å²) in [5.74, 6) is -0.711. The third-order valence-electron chi connectivity index (χ3n) is 7.62. The first kappa shape index (κ1) is 25.6. The second kappa shape index (κ2) is 8.90. The van der Waals surface area contributed by atoms with Crippen molar-refractivity contribution in [1.82, 2.24) is 0 Å². The predicted octanol–water partition coefficient (Wildman–Crippen LogP) is 10.1. The molecule has 32 heavy (non-hydrogen) atoms. The second-order valence-corrected chi connectivity index (χ2v) is 54.5. The van der Waals surface area contributed by atoms with Gasteiger partial charge in [-0.05, 0) is 0 Å². The normalized spacial score (nSPS) is 21.5. The van der Waals surface area contributed by atoms with Crippen molar-refractivity contribution in [3.63, 3.8) is 0 Å². The van der Waals surface area contributed by atoms with Gasteiger partial charge in [0.15, 0.2) is 0 Å². The van der Waals surface area contributed by atoms with Crippen LogP contribution in [0.4, 0.5) is 0 Å². The molecule has 0 N–H and O–H groups in total. The van der Waals surface area contributed by atoms with Gasteiger partial charge in [-0.25, -0.2) is 0 Å². The van der Waals surface area contributed by atoms with E-state index in [1.54, 1.807) is 0 Å². The van der Waals surface area contributed by atoms with E-state index in [0.717, 1.165) is 8.95 Å². The van der Waals surface area contributed by atoms with E-state index < -0.39 is 21.5 Å². The molecular weight excluding hydrogens is 662 g/mol. The number of fused-ring (bicyclic) bond motifs is 2. The minimum absolute atomic E-state index is 0.149. The molecule has 6 heteroatoms. The van der Waals surface area contributed by atoms with Gasteiger partial charge in [-0.15, -0.1) is 0 Å². The summed E-state index contributed by atoms with van der Waals surface area (Å²) < 4.78 is 2.58. The molecular formula is C26H31Br2Cl2SiZr. The van der Waals surface area contributed by atoms with Crippen molar-refractivity contribution in [3.05, 3.63) is 78.7 Å². The van der Waals surface area contributed by atoms with Gasteiger partial charge in [0, 0.05) is 0 Å². The SMILES string of the molecule is CC(C)C1=Cc2c(Br)cccc2[CH]1[Zr]([Cl])([Cl])([CH]1C(C(C)C)=Cc2c(Br)cccc21)[SiH](C)C. The quantitative estimate of drug-likeness (QED) is 0.274. The van der Waals surface area contributed by atoms with Crippen molar-refractivity contribution in [2.45, 2.75) is 48.0 Å². The average molecular weight is 694 g/mol. The van der Waals surface area contributed by atoms with Crippen LogP contribution in [-0.4, -0.2) is 5.92 Å². The molecule has 2 aromatic carbocycles. The molecule has 0 bridgehead atoms. The van der Waals surface area contributed by atoms with Crippen LogP contribution < -0.4 is 0 Å². The third-order valence-corrected chi connectivity index (χ3v) is 60.7.